The molecule has 0 atom stereocenters. The minimum Gasteiger partial charge on any atom is -0.493 e. The lowest BCUT2D eigenvalue weighted by atomic mass is 10.2. The standard InChI is InChI=1S/C22H27ClN2O5S/c1-4-13-30-22-19(23)14-17(15-20(22)29-3)7-10-21(26)24-11-12-25-31(27,28)18-8-5-16(2)6-9-18/h5-10,14-15,25H,4,11-13H2,1-3H3,(H,24,26). The third kappa shape index (κ3) is 7.57. The molecule has 168 valence electrons. The molecule has 0 heterocycles. The van der Waals surface area contributed by atoms with Crippen LogP contribution in [0.2, 0.25) is 5.02 Å². The molecule has 2 aromatic carbocycles. The summed E-state index contributed by atoms with van der Waals surface area (Å²) in [5.41, 5.74) is 1.64. The summed E-state index contributed by atoms with van der Waals surface area (Å²) in [4.78, 5) is 12.2. The van der Waals surface area contributed by atoms with E-state index >= 15 is 0 Å². The summed E-state index contributed by atoms with van der Waals surface area (Å²) in [5, 5.41) is 3.01. The minimum absolute atomic E-state index is 0.0684. The number of nitrogens with one attached hydrogen (secondary N) is 2. The number of methoxy groups -OCH3 is 1. The van der Waals surface area contributed by atoms with E-state index in [0.29, 0.717) is 28.7 Å². The van der Waals surface area contributed by atoms with E-state index in [1.165, 1.54) is 25.3 Å². The van der Waals surface area contributed by atoms with E-state index in [1.807, 2.05) is 13.8 Å². The van der Waals surface area contributed by atoms with Crippen molar-refractivity contribution in [2.24, 2.45) is 0 Å². The topological polar surface area (TPSA) is 93.7 Å². The number of aryl methyl sites for hydroxylation is 1. The van der Waals surface area contributed by atoms with Crippen LogP contribution in [0, 0.1) is 6.92 Å². The van der Waals surface area contributed by atoms with Crippen molar-refractivity contribution < 1.29 is 22.7 Å². The maximum atomic E-state index is 12.2. The van der Waals surface area contributed by atoms with Gasteiger partial charge < -0.3 is 14.8 Å². The highest BCUT2D eigenvalue weighted by molar-refractivity contribution is 7.89. The Morgan fingerprint density at radius 3 is 2.52 bits per heavy atom. The van der Waals surface area contributed by atoms with Gasteiger partial charge in [-0.05, 0) is 49.2 Å². The molecular weight excluding hydrogens is 440 g/mol. The number of benzene rings is 2. The Morgan fingerprint density at radius 1 is 1.16 bits per heavy atom. The van der Waals surface area contributed by atoms with E-state index in [-0.39, 0.29) is 23.9 Å². The summed E-state index contributed by atoms with van der Waals surface area (Å²) in [5.74, 6) is 0.580. The van der Waals surface area contributed by atoms with Gasteiger partial charge in [0.05, 0.1) is 23.6 Å². The van der Waals surface area contributed by atoms with Crippen LogP contribution in [0.3, 0.4) is 0 Å². The second kappa shape index (κ2) is 11.7. The Morgan fingerprint density at radius 2 is 1.87 bits per heavy atom. The maximum Gasteiger partial charge on any atom is 0.244 e. The van der Waals surface area contributed by atoms with Crippen LogP contribution < -0.4 is 19.5 Å². The molecule has 0 unspecified atom stereocenters. The van der Waals surface area contributed by atoms with Gasteiger partial charge in [0.1, 0.15) is 0 Å². The van der Waals surface area contributed by atoms with Gasteiger partial charge in [-0.3, -0.25) is 4.79 Å². The Kier molecular flexibility index (Phi) is 9.36. The van der Waals surface area contributed by atoms with Crippen molar-refractivity contribution in [1.82, 2.24) is 10.0 Å². The zero-order valence-electron chi connectivity index (χ0n) is 17.8. The van der Waals surface area contributed by atoms with Crippen LogP contribution in [-0.4, -0.2) is 41.1 Å². The summed E-state index contributed by atoms with van der Waals surface area (Å²) >= 11 is 6.26. The van der Waals surface area contributed by atoms with Crippen LogP contribution in [0.4, 0.5) is 0 Å². The number of carbonyl (C=O) groups is 1. The Bertz CT molecular complexity index is 1020. The second-order valence-electron chi connectivity index (χ2n) is 6.72. The number of halogens is 1. The summed E-state index contributed by atoms with van der Waals surface area (Å²) in [7, 11) is -2.10. The quantitative estimate of drug-likeness (QED) is 0.390. The molecule has 0 aliphatic heterocycles. The van der Waals surface area contributed by atoms with Gasteiger partial charge >= 0.3 is 0 Å². The number of carbonyl (C=O) groups excluding carboxylic acids is 1. The molecule has 1 amide bonds. The molecule has 0 spiro atoms. The van der Waals surface area contributed by atoms with E-state index in [9.17, 15) is 13.2 Å². The molecule has 9 heteroatoms. The van der Waals surface area contributed by atoms with Gasteiger partial charge in [-0.25, -0.2) is 13.1 Å². The van der Waals surface area contributed by atoms with Crippen molar-refractivity contribution in [3.63, 3.8) is 0 Å². The first-order chi connectivity index (χ1) is 14.8. The van der Waals surface area contributed by atoms with Crippen LogP contribution in [0.15, 0.2) is 47.4 Å². The number of hydrogen-bond acceptors (Lipinski definition) is 5. The Hall–Kier alpha value is -2.55. The monoisotopic (exact) mass is 466 g/mol. The van der Waals surface area contributed by atoms with Crippen molar-refractivity contribution in [3.05, 3.63) is 58.6 Å². The predicted octanol–water partition coefficient (Wildman–Crippen LogP) is 3.55. The van der Waals surface area contributed by atoms with Gasteiger partial charge in [0, 0.05) is 19.2 Å². The molecule has 0 aliphatic carbocycles. The van der Waals surface area contributed by atoms with E-state index in [0.717, 1.165) is 12.0 Å². The summed E-state index contributed by atoms with van der Waals surface area (Å²) in [6.07, 6.45) is 3.76. The zero-order valence-corrected chi connectivity index (χ0v) is 19.3. The van der Waals surface area contributed by atoms with Crippen LogP contribution in [0.5, 0.6) is 11.5 Å². The van der Waals surface area contributed by atoms with Crippen molar-refractivity contribution in [2.45, 2.75) is 25.2 Å². The van der Waals surface area contributed by atoms with Crippen molar-refractivity contribution in [1.29, 1.82) is 0 Å². The molecule has 2 aromatic rings. The largest absolute Gasteiger partial charge is 0.493 e. The first-order valence-corrected chi connectivity index (χ1v) is 11.7. The summed E-state index contributed by atoms with van der Waals surface area (Å²) < 4.78 is 37.8. The highest BCUT2D eigenvalue weighted by atomic mass is 35.5. The van der Waals surface area contributed by atoms with Gasteiger partial charge in [0.25, 0.3) is 0 Å². The fraction of sp³-hybridized carbons (Fsp3) is 0.318. The smallest absolute Gasteiger partial charge is 0.244 e. The first-order valence-electron chi connectivity index (χ1n) is 9.79. The first kappa shape index (κ1) is 24.7. The fourth-order valence-corrected chi connectivity index (χ4v) is 3.89. The number of amides is 1. The number of ether oxygens (including phenoxy) is 2. The van der Waals surface area contributed by atoms with E-state index < -0.39 is 10.0 Å². The molecule has 0 aliphatic rings. The molecule has 0 bridgehead atoms. The molecule has 0 saturated carbocycles. The maximum absolute atomic E-state index is 12.2. The lowest BCUT2D eigenvalue weighted by Crippen LogP contribution is -2.34. The highest BCUT2D eigenvalue weighted by Gasteiger charge is 2.13. The molecule has 2 rings (SSSR count). The SMILES string of the molecule is CCCOc1c(Cl)cc(C=CC(=O)NCCNS(=O)(=O)c2ccc(C)cc2)cc1OC. The van der Waals surface area contributed by atoms with E-state index in [1.54, 1.807) is 30.3 Å². The third-order valence-electron chi connectivity index (χ3n) is 4.18. The molecule has 0 radical (unpaired) electrons. The summed E-state index contributed by atoms with van der Waals surface area (Å²) in [6, 6.07) is 9.93. The molecule has 0 fully saturated rings. The fourth-order valence-electron chi connectivity index (χ4n) is 2.58. The van der Waals surface area contributed by atoms with Crippen LogP contribution >= 0.6 is 11.6 Å². The second-order valence-corrected chi connectivity index (χ2v) is 8.89. The molecule has 0 saturated heterocycles. The van der Waals surface area contributed by atoms with Crippen molar-refractivity contribution in [2.75, 3.05) is 26.8 Å². The number of hydrogen-bond donors (Lipinski definition) is 2. The molecular formula is C22H27ClN2O5S. The Balaban J connectivity index is 1.88. The van der Waals surface area contributed by atoms with E-state index in [4.69, 9.17) is 21.1 Å². The van der Waals surface area contributed by atoms with Crippen molar-refractivity contribution >= 4 is 33.6 Å². The zero-order chi connectivity index (χ0) is 22.9. The highest BCUT2D eigenvalue weighted by Crippen LogP contribution is 2.36. The van der Waals surface area contributed by atoms with Crippen molar-refractivity contribution in [3.8, 4) is 11.5 Å². The third-order valence-corrected chi connectivity index (χ3v) is 5.93. The lowest BCUT2D eigenvalue weighted by Gasteiger charge is -2.12. The molecule has 2 N–H and O–H groups in total. The van der Waals surface area contributed by atoms with Crippen LogP contribution in [0.1, 0.15) is 24.5 Å². The summed E-state index contributed by atoms with van der Waals surface area (Å²) in [6.45, 7) is 4.59. The molecule has 7 nitrogen and oxygen atoms in total. The van der Waals surface area contributed by atoms with E-state index in [2.05, 4.69) is 10.0 Å². The number of sulfonamides is 1. The van der Waals surface area contributed by atoms with Gasteiger partial charge in [-0.15, -0.1) is 0 Å². The van der Waals surface area contributed by atoms with Gasteiger partial charge in [-0.2, -0.15) is 0 Å². The minimum atomic E-state index is -3.61. The Labute approximate surface area is 188 Å². The van der Waals surface area contributed by atoms with Crippen LogP contribution in [0.25, 0.3) is 6.08 Å². The van der Waals surface area contributed by atoms with Gasteiger partial charge in [0.2, 0.25) is 15.9 Å². The normalized spacial score (nSPS) is 11.5. The van der Waals surface area contributed by atoms with Crippen LogP contribution in [-0.2, 0) is 14.8 Å². The predicted molar refractivity (Wildman–Crippen MR) is 122 cm³/mol. The molecule has 0 aromatic heterocycles. The van der Waals surface area contributed by atoms with Gasteiger partial charge in [0.15, 0.2) is 11.5 Å². The average molecular weight is 467 g/mol. The average Bonchev–Trinajstić information content (AvgIpc) is 2.74. The lowest BCUT2D eigenvalue weighted by molar-refractivity contribution is -0.116. The number of rotatable bonds is 11. The molecule has 31 heavy (non-hydrogen) atoms. The van der Waals surface area contributed by atoms with Gasteiger partial charge in [-0.1, -0.05) is 36.2 Å².